The smallest absolute Gasteiger partial charge is 0.253 e. The van der Waals surface area contributed by atoms with Gasteiger partial charge in [-0.3, -0.25) is 9.89 Å². The molecule has 6 nitrogen and oxygen atoms in total. The van der Waals surface area contributed by atoms with Gasteiger partial charge in [0.25, 0.3) is 5.91 Å². The number of piperidine rings is 1. The average molecular weight is 347 g/mol. The fourth-order valence-corrected chi connectivity index (χ4v) is 3.95. The van der Waals surface area contributed by atoms with Crippen LogP contribution >= 0.6 is 0 Å². The molecule has 1 N–H and O–H groups in total. The van der Waals surface area contributed by atoms with Crippen molar-refractivity contribution in [3.05, 3.63) is 47.8 Å². The van der Waals surface area contributed by atoms with Crippen molar-refractivity contribution in [1.29, 1.82) is 0 Å². The Morgan fingerprint density at radius 3 is 2.67 bits per heavy atom. The number of hydrogen-bond acceptors (Lipinski definition) is 4. The van der Waals surface area contributed by atoms with E-state index in [0.29, 0.717) is 12.1 Å². The van der Waals surface area contributed by atoms with E-state index >= 15 is 0 Å². The molecular weight excluding hydrogens is 326 g/mol. The van der Waals surface area contributed by atoms with Crippen molar-refractivity contribution >= 4 is 15.7 Å². The second-order valence-electron chi connectivity index (χ2n) is 6.03. The van der Waals surface area contributed by atoms with Crippen LogP contribution < -0.4 is 0 Å². The number of hydrogen-bond donors (Lipinski definition) is 1. The molecule has 0 saturated carbocycles. The number of nitrogens with zero attached hydrogens (tertiary/aromatic N) is 2. The van der Waals surface area contributed by atoms with E-state index in [1.807, 2.05) is 11.0 Å². The van der Waals surface area contributed by atoms with Crippen molar-refractivity contribution in [2.45, 2.75) is 30.6 Å². The molecule has 1 atom stereocenters. The monoisotopic (exact) mass is 347 g/mol. The highest BCUT2D eigenvalue weighted by Crippen LogP contribution is 2.26. The van der Waals surface area contributed by atoms with Gasteiger partial charge in [0, 0.05) is 36.5 Å². The Hall–Kier alpha value is -2.15. The van der Waals surface area contributed by atoms with Crippen molar-refractivity contribution in [3.63, 3.8) is 0 Å². The van der Waals surface area contributed by atoms with E-state index in [1.165, 1.54) is 12.1 Å². The minimum atomic E-state index is -3.24. The summed E-state index contributed by atoms with van der Waals surface area (Å²) in [6, 6.07) is 8.18. The van der Waals surface area contributed by atoms with Crippen molar-refractivity contribution < 1.29 is 13.2 Å². The van der Waals surface area contributed by atoms with Crippen LogP contribution in [-0.2, 0) is 9.84 Å². The Morgan fingerprint density at radius 1 is 1.29 bits per heavy atom. The highest BCUT2D eigenvalue weighted by Gasteiger charge is 2.26. The lowest BCUT2D eigenvalue weighted by atomic mass is 9.94. The first-order valence-electron chi connectivity index (χ1n) is 8.12. The van der Waals surface area contributed by atoms with E-state index in [1.54, 1.807) is 25.3 Å². The van der Waals surface area contributed by atoms with Crippen LogP contribution in [0.1, 0.15) is 41.7 Å². The summed E-state index contributed by atoms with van der Waals surface area (Å²) in [7, 11) is -3.24. The zero-order chi connectivity index (χ0) is 17.2. The molecule has 1 unspecified atom stereocenters. The topological polar surface area (TPSA) is 83.1 Å². The number of benzene rings is 1. The van der Waals surface area contributed by atoms with E-state index in [9.17, 15) is 13.2 Å². The van der Waals surface area contributed by atoms with Gasteiger partial charge in [-0.05, 0) is 43.2 Å². The van der Waals surface area contributed by atoms with Crippen molar-refractivity contribution in [2.75, 3.05) is 18.8 Å². The van der Waals surface area contributed by atoms with Gasteiger partial charge in [0.1, 0.15) is 0 Å². The van der Waals surface area contributed by atoms with Gasteiger partial charge in [0.15, 0.2) is 9.84 Å². The zero-order valence-electron chi connectivity index (χ0n) is 13.6. The minimum Gasteiger partial charge on any atom is -0.338 e. The van der Waals surface area contributed by atoms with Gasteiger partial charge in [-0.25, -0.2) is 8.42 Å². The summed E-state index contributed by atoms with van der Waals surface area (Å²) in [5.41, 5.74) is 1.58. The van der Waals surface area contributed by atoms with Crippen LogP contribution in [0.25, 0.3) is 0 Å². The molecule has 1 aromatic heterocycles. The number of likely N-dealkylation sites (tertiary alicyclic amines) is 1. The number of H-pyrrole nitrogens is 1. The maximum Gasteiger partial charge on any atom is 0.253 e. The number of nitrogens with one attached hydrogen (secondary N) is 1. The molecule has 1 aliphatic heterocycles. The van der Waals surface area contributed by atoms with Crippen LogP contribution in [-0.4, -0.2) is 48.3 Å². The summed E-state index contributed by atoms with van der Waals surface area (Å²) in [4.78, 5) is 14.8. The van der Waals surface area contributed by atoms with Crippen LogP contribution in [0.5, 0.6) is 0 Å². The Kier molecular flexibility index (Phi) is 4.71. The van der Waals surface area contributed by atoms with Gasteiger partial charge < -0.3 is 4.90 Å². The molecule has 1 fully saturated rings. The fourth-order valence-electron chi connectivity index (χ4n) is 3.06. The third-order valence-electron chi connectivity index (χ3n) is 4.51. The number of carbonyl (C=O) groups is 1. The third-order valence-corrected chi connectivity index (χ3v) is 6.26. The predicted octanol–water partition coefficient (Wildman–Crippen LogP) is 2.22. The molecule has 3 rings (SSSR count). The molecule has 0 radical (unpaired) electrons. The Morgan fingerprint density at radius 2 is 2.04 bits per heavy atom. The molecule has 24 heavy (non-hydrogen) atoms. The summed E-state index contributed by atoms with van der Waals surface area (Å²) >= 11 is 0. The van der Waals surface area contributed by atoms with Crippen molar-refractivity contribution in [2.24, 2.45) is 0 Å². The standard InChI is InChI=1S/C17H21N3O3S/c1-2-24(22,23)15-7-5-13(6-8-15)17(21)20-11-3-4-14(12-20)16-9-10-18-19-16/h5-10,14H,2-4,11-12H2,1H3,(H,18,19). The van der Waals surface area contributed by atoms with Crippen LogP contribution in [0.3, 0.4) is 0 Å². The second kappa shape index (κ2) is 6.76. The van der Waals surface area contributed by atoms with E-state index < -0.39 is 9.84 Å². The lowest BCUT2D eigenvalue weighted by molar-refractivity contribution is 0.0705. The van der Waals surface area contributed by atoms with Gasteiger partial charge >= 0.3 is 0 Å². The third kappa shape index (κ3) is 3.36. The van der Waals surface area contributed by atoms with Crippen molar-refractivity contribution in [1.82, 2.24) is 15.1 Å². The van der Waals surface area contributed by atoms with Gasteiger partial charge in [0.2, 0.25) is 0 Å². The summed E-state index contributed by atoms with van der Waals surface area (Å²) in [6.07, 6.45) is 3.69. The van der Waals surface area contributed by atoms with E-state index in [0.717, 1.165) is 25.1 Å². The van der Waals surface area contributed by atoms with Crippen molar-refractivity contribution in [3.8, 4) is 0 Å². The van der Waals surface area contributed by atoms with Crippen LogP contribution in [0.2, 0.25) is 0 Å². The lowest BCUT2D eigenvalue weighted by Crippen LogP contribution is -2.39. The summed E-state index contributed by atoms with van der Waals surface area (Å²) < 4.78 is 23.7. The lowest BCUT2D eigenvalue weighted by Gasteiger charge is -2.32. The van der Waals surface area contributed by atoms with Crippen LogP contribution in [0.4, 0.5) is 0 Å². The number of sulfone groups is 1. The fraction of sp³-hybridized carbons (Fsp3) is 0.412. The number of aromatic nitrogens is 2. The Labute approximate surface area is 141 Å². The van der Waals surface area contributed by atoms with Crippen LogP contribution in [0.15, 0.2) is 41.4 Å². The molecule has 1 amide bonds. The maximum absolute atomic E-state index is 12.7. The molecule has 0 aliphatic carbocycles. The van der Waals surface area contributed by atoms with E-state index in [-0.39, 0.29) is 22.5 Å². The van der Waals surface area contributed by atoms with Gasteiger partial charge in [-0.15, -0.1) is 0 Å². The largest absolute Gasteiger partial charge is 0.338 e. The second-order valence-corrected chi connectivity index (χ2v) is 8.31. The number of aromatic amines is 1. The zero-order valence-corrected chi connectivity index (χ0v) is 14.4. The molecule has 1 aliphatic rings. The molecule has 2 aromatic rings. The first kappa shape index (κ1) is 16.7. The number of rotatable bonds is 4. The Balaban J connectivity index is 1.74. The molecular formula is C17H21N3O3S. The molecule has 1 saturated heterocycles. The highest BCUT2D eigenvalue weighted by molar-refractivity contribution is 7.91. The SMILES string of the molecule is CCS(=O)(=O)c1ccc(C(=O)N2CCCC(c3ccn[nH]3)C2)cc1. The molecule has 1 aromatic carbocycles. The Bertz CT molecular complexity index is 798. The molecule has 0 bridgehead atoms. The predicted molar refractivity (Wildman–Crippen MR) is 90.6 cm³/mol. The molecule has 128 valence electrons. The summed E-state index contributed by atoms with van der Waals surface area (Å²) in [6.45, 7) is 2.98. The molecule has 7 heteroatoms. The van der Waals surface area contributed by atoms with Crippen LogP contribution in [0, 0.1) is 0 Å². The quantitative estimate of drug-likeness (QED) is 0.919. The van der Waals surface area contributed by atoms with E-state index in [2.05, 4.69) is 10.2 Å². The maximum atomic E-state index is 12.7. The summed E-state index contributed by atoms with van der Waals surface area (Å²) in [5.74, 6) is 0.266. The first-order chi connectivity index (χ1) is 11.5. The first-order valence-corrected chi connectivity index (χ1v) is 9.78. The normalized spacial score (nSPS) is 18.5. The van der Waals surface area contributed by atoms with Gasteiger partial charge in [-0.1, -0.05) is 6.92 Å². The highest BCUT2D eigenvalue weighted by atomic mass is 32.2. The molecule has 0 spiro atoms. The number of amides is 1. The summed E-state index contributed by atoms with van der Waals surface area (Å²) in [5, 5.41) is 6.96. The van der Waals surface area contributed by atoms with Gasteiger partial charge in [-0.2, -0.15) is 5.10 Å². The number of carbonyl (C=O) groups excluding carboxylic acids is 1. The van der Waals surface area contributed by atoms with Gasteiger partial charge in [0.05, 0.1) is 10.6 Å². The van der Waals surface area contributed by atoms with E-state index in [4.69, 9.17) is 0 Å². The molecule has 2 heterocycles. The minimum absolute atomic E-state index is 0.0538. The average Bonchev–Trinajstić information content (AvgIpc) is 3.16.